The normalized spacial score (nSPS) is 34.5. The SMILES string of the molecule is CC(C)[C@H](CN1CCC(C2CCC(Cl)CC2)C(C)(C)C1)NCC1CCCC(CNCCO)C1. The third-order valence-corrected chi connectivity index (χ3v) is 9.64. The molecule has 4 atom stereocenters. The van der Waals surface area contributed by atoms with Gasteiger partial charge in [0.1, 0.15) is 0 Å². The lowest BCUT2D eigenvalue weighted by molar-refractivity contribution is 0.00453. The Labute approximate surface area is 210 Å². The molecule has 3 aliphatic rings. The molecular weight excluding hydrogens is 430 g/mol. The second kappa shape index (κ2) is 13.4. The van der Waals surface area contributed by atoms with Crippen LogP contribution in [0.3, 0.4) is 0 Å². The highest BCUT2D eigenvalue weighted by molar-refractivity contribution is 6.20. The van der Waals surface area contributed by atoms with E-state index in [-0.39, 0.29) is 6.61 Å². The molecule has 2 aliphatic carbocycles. The van der Waals surface area contributed by atoms with E-state index in [0.717, 1.165) is 36.8 Å². The van der Waals surface area contributed by atoms with Crippen molar-refractivity contribution in [1.29, 1.82) is 0 Å². The van der Waals surface area contributed by atoms with Gasteiger partial charge in [0.25, 0.3) is 0 Å². The van der Waals surface area contributed by atoms with E-state index in [4.69, 9.17) is 16.7 Å². The molecular formula is C28H54ClN3O. The molecule has 0 bridgehead atoms. The number of halogens is 1. The Morgan fingerprint density at radius 3 is 2.33 bits per heavy atom. The predicted molar refractivity (Wildman–Crippen MR) is 142 cm³/mol. The van der Waals surface area contributed by atoms with Crippen molar-refractivity contribution in [3.05, 3.63) is 0 Å². The van der Waals surface area contributed by atoms with Gasteiger partial charge in [0, 0.05) is 31.1 Å². The molecule has 3 rings (SSSR count). The zero-order valence-electron chi connectivity index (χ0n) is 22.1. The molecule has 4 nitrogen and oxygen atoms in total. The largest absolute Gasteiger partial charge is 0.395 e. The van der Waals surface area contributed by atoms with Crippen LogP contribution in [0, 0.1) is 35.0 Å². The number of alkyl halides is 1. The summed E-state index contributed by atoms with van der Waals surface area (Å²) in [4.78, 5) is 2.77. The number of aliphatic hydroxyl groups excluding tert-OH is 1. The molecule has 3 fully saturated rings. The number of piperidine rings is 1. The van der Waals surface area contributed by atoms with Gasteiger partial charge in [-0.2, -0.15) is 0 Å². The van der Waals surface area contributed by atoms with E-state index in [9.17, 15) is 0 Å². The van der Waals surface area contributed by atoms with E-state index < -0.39 is 0 Å². The molecule has 0 spiro atoms. The first-order valence-electron chi connectivity index (χ1n) is 14.2. The monoisotopic (exact) mass is 483 g/mol. The number of hydrogen-bond donors (Lipinski definition) is 3. The summed E-state index contributed by atoms with van der Waals surface area (Å²) in [5.74, 6) is 4.00. The number of aliphatic hydroxyl groups is 1. The number of rotatable bonds is 11. The summed E-state index contributed by atoms with van der Waals surface area (Å²) in [5.41, 5.74) is 0.405. The Bertz CT molecular complexity index is 549. The summed E-state index contributed by atoms with van der Waals surface area (Å²) in [7, 11) is 0. The minimum Gasteiger partial charge on any atom is -0.395 e. The van der Waals surface area contributed by atoms with Crippen LogP contribution < -0.4 is 10.6 Å². The molecule has 0 aromatic rings. The zero-order valence-corrected chi connectivity index (χ0v) is 22.9. The van der Waals surface area contributed by atoms with Gasteiger partial charge in [0.2, 0.25) is 0 Å². The van der Waals surface area contributed by atoms with Crippen molar-refractivity contribution in [2.75, 3.05) is 45.9 Å². The molecule has 0 amide bonds. The Kier molecular flexibility index (Phi) is 11.3. The van der Waals surface area contributed by atoms with Gasteiger partial charge in [-0.15, -0.1) is 11.6 Å². The molecule has 1 saturated heterocycles. The fourth-order valence-electron chi connectivity index (χ4n) is 7.26. The topological polar surface area (TPSA) is 47.5 Å². The number of nitrogens with zero attached hydrogens (tertiary/aromatic N) is 1. The average Bonchev–Trinajstić information content (AvgIpc) is 2.77. The van der Waals surface area contributed by atoms with Crippen LogP contribution in [0.2, 0.25) is 0 Å². The van der Waals surface area contributed by atoms with E-state index in [0.29, 0.717) is 22.8 Å². The first-order chi connectivity index (χ1) is 15.8. The highest BCUT2D eigenvalue weighted by Gasteiger charge is 2.41. The maximum Gasteiger partial charge on any atom is 0.0555 e. The Balaban J connectivity index is 1.45. The summed E-state index contributed by atoms with van der Waals surface area (Å²) in [5, 5.41) is 16.9. The van der Waals surface area contributed by atoms with Crippen LogP contribution in [0.4, 0.5) is 0 Å². The number of hydrogen-bond acceptors (Lipinski definition) is 4. The lowest BCUT2D eigenvalue weighted by atomic mass is 9.64. The Morgan fingerprint density at radius 1 is 1.00 bits per heavy atom. The highest BCUT2D eigenvalue weighted by atomic mass is 35.5. The number of likely N-dealkylation sites (tertiary alicyclic amines) is 1. The summed E-state index contributed by atoms with van der Waals surface area (Å²) < 4.78 is 0. The van der Waals surface area contributed by atoms with Gasteiger partial charge in [-0.1, -0.05) is 34.1 Å². The minimum absolute atomic E-state index is 0.246. The van der Waals surface area contributed by atoms with Crippen molar-refractivity contribution < 1.29 is 5.11 Å². The van der Waals surface area contributed by atoms with Gasteiger partial charge in [-0.25, -0.2) is 0 Å². The van der Waals surface area contributed by atoms with Gasteiger partial charge in [-0.3, -0.25) is 0 Å². The predicted octanol–water partition coefficient (Wildman–Crippen LogP) is 5.13. The first kappa shape index (κ1) is 27.7. The van der Waals surface area contributed by atoms with E-state index in [1.807, 2.05) is 0 Å². The maximum absolute atomic E-state index is 9.02. The summed E-state index contributed by atoms with van der Waals surface area (Å²) in [6, 6.07) is 0.580. The van der Waals surface area contributed by atoms with Crippen LogP contribution in [-0.2, 0) is 0 Å². The number of nitrogens with one attached hydrogen (secondary N) is 2. The van der Waals surface area contributed by atoms with Crippen LogP contribution in [0.15, 0.2) is 0 Å². The minimum atomic E-state index is 0.246. The molecule has 0 aromatic carbocycles. The smallest absolute Gasteiger partial charge is 0.0555 e. The fraction of sp³-hybridized carbons (Fsp3) is 1.00. The van der Waals surface area contributed by atoms with E-state index >= 15 is 0 Å². The Hall–Kier alpha value is 0.130. The molecule has 3 N–H and O–H groups in total. The molecule has 0 aromatic heterocycles. The highest BCUT2D eigenvalue weighted by Crippen LogP contribution is 2.45. The van der Waals surface area contributed by atoms with Gasteiger partial charge < -0.3 is 20.6 Å². The second-order valence-corrected chi connectivity index (χ2v) is 13.3. The summed E-state index contributed by atoms with van der Waals surface area (Å²) >= 11 is 6.40. The molecule has 3 unspecified atom stereocenters. The standard InChI is InChI=1S/C28H54ClN3O/c1-21(2)27(31-18-23-7-5-6-22(16-23)17-30-13-15-33)19-32-14-12-26(28(3,4)20-32)24-8-10-25(29)11-9-24/h21-27,30-31,33H,5-20H2,1-4H3/t22?,23?,24?,25?,26?,27-/m0/s1. The third-order valence-electron chi connectivity index (χ3n) is 9.20. The van der Waals surface area contributed by atoms with Crippen LogP contribution in [0.25, 0.3) is 0 Å². The molecule has 2 saturated carbocycles. The van der Waals surface area contributed by atoms with Crippen LogP contribution in [0.1, 0.15) is 85.5 Å². The molecule has 194 valence electrons. The van der Waals surface area contributed by atoms with E-state index in [2.05, 4.69) is 43.2 Å². The third kappa shape index (κ3) is 8.63. The van der Waals surface area contributed by atoms with Crippen LogP contribution in [0.5, 0.6) is 0 Å². The zero-order chi connectivity index (χ0) is 23.8. The first-order valence-corrected chi connectivity index (χ1v) is 14.6. The van der Waals surface area contributed by atoms with Gasteiger partial charge in [-0.05, 0) is 106 Å². The molecule has 0 radical (unpaired) electrons. The second-order valence-electron chi connectivity index (χ2n) is 12.7. The van der Waals surface area contributed by atoms with Crippen LogP contribution >= 0.6 is 11.6 Å². The molecule has 1 aliphatic heterocycles. The summed E-state index contributed by atoms with van der Waals surface area (Å²) in [6.07, 6.45) is 11.9. The van der Waals surface area contributed by atoms with Crippen molar-refractivity contribution in [3.63, 3.8) is 0 Å². The van der Waals surface area contributed by atoms with Crippen molar-refractivity contribution in [2.45, 2.75) is 96.9 Å². The summed E-state index contributed by atoms with van der Waals surface area (Å²) in [6.45, 7) is 16.8. The fourth-order valence-corrected chi connectivity index (χ4v) is 7.51. The molecule has 5 heteroatoms. The van der Waals surface area contributed by atoms with Gasteiger partial charge in [0.15, 0.2) is 0 Å². The van der Waals surface area contributed by atoms with Crippen molar-refractivity contribution in [3.8, 4) is 0 Å². The van der Waals surface area contributed by atoms with Crippen molar-refractivity contribution in [2.24, 2.45) is 35.0 Å². The van der Waals surface area contributed by atoms with Crippen molar-refractivity contribution in [1.82, 2.24) is 15.5 Å². The lowest BCUT2D eigenvalue weighted by Crippen LogP contribution is -2.53. The molecule has 1 heterocycles. The quantitative estimate of drug-likeness (QED) is 0.281. The van der Waals surface area contributed by atoms with E-state index in [1.165, 1.54) is 84.0 Å². The van der Waals surface area contributed by atoms with Crippen LogP contribution in [-0.4, -0.2) is 67.3 Å². The lowest BCUT2D eigenvalue weighted by Gasteiger charge is -2.49. The molecule has 33 heavy (non-hydrogen) atoms. The average molecular weight is 484 g/mol. The van der Waals surface area contributed by atoms with Crippen molar-refractivity contribution >= 4 is 11.6 Å². The Morgan fingerprint density at radius 2 is 1.70 bits per heavy atom. The van der Waals surface area contributed by atoms with E-state index in [1.54, 1.807) is 0 Å². The maximum atomic E-state index is 9.02. The van der Waals surface area contributed by atoms with Gasteiger partial charge in [0.05, 0.1) is 6.61 Å². The van der Waals surface area contributed by atoms with Gasteiger partial charge >= 0.3 is 0 Å².